The normalized spacial score (nSPS) is 11.2. The highest BCUT2D eigenvalue weighted by molar-refractivity contribution is 9.10. The van der Waals surface area contributed by atoms with Crippen molar-refractivity contribution in [2.24, 2.45) is 0 Å². The molecule has 4 nitrogen and oxygen atoms in total. The Hall–Kier alpha value is -1.53. The van der Waals surface area contributed by atoms with Gasteiger partial charge in [-0.15, -0.1) is 0 Å². The lowest BCUT2D eigenvalue weighted by atomic mass is 10.2. The van der Waals surface area contributed by atoms with Crippen molar-refractivity contribution in [1.29, 1.82) is 0 Å². The first-order valence-electron chi connectivity index (χ1n) is 6.55. The molecule has 2 N–H and O–H groups in total. The van der Waals surface area contributed by atoms with Gasteiger partial charge in [0.15, 0.2) is 0 Å². The van der Waals surface area contributed by atoms with E-state index in [1.165, 1.54) is 0 Å². The summed E-state index contributed by atoms with van der Waals surface area (Å²) in [6.07, 6.45) is 0. The molecule has 0 heterocycles. The van der Waals surface area contributed by atoms with Crippen LogP contribution < -0.4 is 10.0 Å². The van der Waals surface area contributed by atoms with Crippen LogP contribution in [0.3, 0.4) is 0 Å². The molecule has 0 amide bonds. The molecule has 0 atom stereocenters. The zero-order chi connectivity index (χ0) is 15.5. The van der Waals surface area contributed by atoms with Crippen molar-refractivity contribution >= 4 is 37.3 Å². The van der Waals surface area contributed by atoms with E-state index in [0.29, 0.717) is 5.69 Å². The highest BCUT2D eigenvalue weighted by atomic mass is 79.9. The number of halogens is 1. The van der Waals surface area contributed by atoms with Gasteiger partial charge in [-0.05, 0) is 71.7 Å². The summed E-state index contributed by atoms with van der Waals surface area (Å²) in [6.45, 7) is 4.73. The van der Waals surface area contributed by atoms with E-state index in [0.717, 1.165) is 22.3 Å². The molecule has 0 saturated heterocycles. The Morgan fingerprint density at radius 3 is 2.33 bits per heavy atom. The van der Waals surface area contributed by atoms with Gasteiger partial charge in [0.2, 0.25) is 0 Å². The summed E-state index contributed by atoms with van der Waals surface area (Å²) in [4.78, 5) is 0.233. The van der Waals surface area contributed by atoms with Crippen LogP contribution in [0.25, 0.3) is 0 Å². The van der Waals surface area contributed by atoms with Gasteiger partial charge in [-0.3, -0.25) is 4.72 Å². The minimum atomic E-state index is -3.59. The van der Waals surface area contributed by atoms with Gasteiger partial charge >= 0.3 is 0 Å². The molecule has 0 bridgehead atoms. The van der Waals surface area contributed by atoms with Gasteiger partial charge in [0.05, 0.1) is 10.6 Å². The molecular weight excluding hydrogens is 352 g/mol. The van der Waals surface area contributed by atoms with Gasteiger partial charge in [-0.1, -0.05) is 6.07 Å². The summed E-state index contributed by atoms with van der Waals surface area (Å²) >= 11 is 3.37. The zero-order valence-corrected chi connectivity index (χ0v) is 14.3. The maximum absolute atomic E-state index is 12.4. The molecule has 0 radical (unpaired) electrons. The quantitative estimate of drug-likeness (QED) is 0.838. The van der Waals surface area contributed by atoms with Crippen LogP contribution in [0.1, 0.15) is 12.5 Å². The number of hydrogen-bond acceptors (Lipinski definition) is 3. The minimum absolute atomic E-state index is 0.233. The first-order valence-corrected chi connectivity index (χ1v) is 8.83. The average Bonchev–Trinajstić information content (AvgIpc) is 2.43. The van der Waals surface area contributed by atoms with E-state index in [4.69, 9.17) is 0 Å². The zero-order valence-electron chi connectivity index (χ0n) is 11.9. The Morgan fingerprint density at radius 1 is 1.10 bits per heavy atom. The molecule has 21 heavy (non-hydrogen) atoms. The Morgan fingerprint density at radius 2 is 1.76 bits per heavy atom. The van der Waals surface area contributed by atoms with Gasteiger partial charge in [0.1, 0.15) is 0 Å². The molecular formula is C15H17BrN2O2S. The Bertz CT molecular complexity index is 728. The summed E-state index contributed by atoms with van der Waals surface area (Å²) in [6, 6.07) is 12.1. The predicted molar refractivity (Wildman–Crippen MR) is 90.3 cm³/mol. The van der Waals surface area contributed by atoms with Gasteiger partial charge in [-0.2, -0.15) is 0 Å². The average molecular weight is 369 g/mol. The lowest BCUT2D eigenvalue weighted by molar-refractivity contribution is 0.601. The van der Waals surface area contributed by atoms with E-state index in [9.17, 15) is 8.42 Å². The molecule has 0 aliphatic carbocycles. The summed E-state index contributed by atoms with van der Waals surface area (Å²) in [5.41, 5.74) is 2.48. The first-order chi connectivity index (χ1) is 9.92. The SMILES string of the molecule is CCNc1ccc(S(=O)(=O)Nc2ccc(C)cc2Br)cc1. The maximum Gasteiger partial charge on any atom is 0.261 e. The fourth-order valence-electron chi connectivity index (χ4n) is 1.86. The van der Waals surface area contributed by atoms with Crippen molar-refractivity contribution in [2.75, 3.05) is 16.6 Å². The van der Waals surface area contributed by atoms with Crippen LogP contribution in [-0.2, 0) is 10.0 Å². The van der Waals surface area contributed by atoms with Gasteiger partial charge < -0.3 is 5.32 Å². The van der Waals surface area contributed by atoms with E-state index >= 15 is 0 Å². The Kier molecular flexibility index (Phi) is 4.90. The highest BCUT2D eigenvalue weighted by Crippen LogP contribution is 2.26. The number of nitrogens with one attached hydrogen (secondary N) is 2. The molecule has 0 saturated carbocycles. The standard InChI is InChI=1S/C15H17BrN2O2S/c1-3-17-12-5-7-13(8-6-12)21(19,20)18-15-9-4-11(2)10-14(15)16/h4-10,17-18H,3H2,1-2H3. The molecule has 2 aromatic rings. The summed E-state index contributed by atoms with van der Waals surface area (Å²) < 4.78 is 28.0. The van der Waals surface area contributed by atoms with Crippen molar-refractivity contribution in [3.63, 3.8) is 0 Å². The van der Waals surface area contributed by atoms with Crippen LogP contribution in [0, 0.1) is 6.92 Å². The maximum atomic E-state index is 12.4. The number of rotatable bonds is 5. The van der Waals surface area contributed by atoms with Crippen LogP contribution in [0.2, 0.25) is 0 Å². The lowest BCUT2D eigenvalue weighted by Gasteiger charge is -2.11. The van der Waals surface area contributed by atoms with Crippen LogP contribution in [0.5, 0.6) is 0 Å². The number of benzene rings is 2. The third kappa shape index (κ3) is 3.98. The fourth-order valence-corrected chi connectivity index (χ4v) is 3.67. The van der Waals surface area contributed by atoms with Crippen molar-refractivity contribution in [1.82, 2.24) is 0 Å². The van der Waals surface area contributed by atoms with Crippen LogP contribution in [0.4, 0.5) is 11.4 Å². The van der Waals surface area contributed by atoms with Crippen LogP contribution >= 0.6 is 15.9 Å². The molecule has 0 aliphatic heterocycles. The molecule has 112 valence electrons. The van der Waals surface area contributed by atoms with E-state index in [-0.39, 0.29) is 4.90 Å². The van der Waals surface area contributed by atoms with Crippen molar-refractivity contribution in [3.05, 3.63) is 52.5 Å². The predicted octanol–water partition coefficient (Wildman–Crippen LogP) is 3.99. The number of sulfonamides is 1. The second kappa shape index (κ2) is 6.49. The van der Waals surface area contributed by atoms with E-state index < -0.39 is 10.0 Å². The third-order valence-corrected chi connectivity index (χ3v) is 4.95. The second-order valence-corrected chi connectivity index (χ2v) is 7.18. The number of aryl methyl sites for hydroxylation is 1. The smallest absolute Gasteiger partial charge is 0.261 e. The number of anilines is 2. The van der Waals surface area contributed by atoms with Gasteiger partial charge in [0, 0.05) is 16.7 Å². The minimum Gasteiger partial charge on any atom is -0.385 e. The van der Waals surface area contributed by atoms with Gasteiger partial charge in [0.25, 0.3) is 10.0 Å². The lowest BCUT2D eigenvalue weighted by Crippen LogP contribution is -2.13. The molecule has 0 aromatic heterocycles. The Balaban J connectivity index is 2.25. The third-order valence-electron chi connectivity index (χ3n) is 2.91. The van der Waals surface area contributed by atoms with Crippen molar-refractivity contribution in [3.8, 4) is 0 Å². The van der Waals surface area contributed by atoms with Gasteiger partial charge in [-0.25, -0.2) is 8.42 Å². The molecule has 0 unspecified atom stereocenters. The van der Waals surface area contributed by atoms with E-state index in [2.05, 4.69) is 26.0 Å². The molecule has 0 spiro atoms. The van der Waals surface area contributed by atoms with E-state index in [1.807, 2.05) is 26.0 Å². The van der Waals surface area contributed by atoms with Crippen molar-refractivity contribution in [2.45, 2.75) is 18.7 Å². The molecule has 6 heteroatoms. The highest BCUT2D eigenvalue weighted by Gasteiger charge is 2.15. The van der Waals surface area contributed by atoms with Crippen molar-refractivity contribution < 1.29 is 8.42 Å². The van der Waals surface area contributed by atoms with Crippen LogP contribution in [0.15, 0.2) is 51.8 Å². The topological polar surface area (TPSA) is 58.2 Å². The van der Waals surface area contributed by atoms with Crippen LogP contribution in [-0.4, -0.2) is 15.0 Å². The monoisotopic (exact) mass is 368 g/mol. The molecule has 0 fully saturated rings. The largest absolute Gasteiger partial charge is 0.385 e. The fraction of sp³-hybridized carbons (Fsp3) is 0.200. The second-order valence-electron chi connectivity index (χ2n) is 4.64. The molecule has 0 aliphatic rings. The summed E-state index contributed by atoms with van der Waals surface area (Å²) in [5, 5.41) is 3.13. The Labute approximate surface area is 133 Å². The molecule has 2 rings (SSSR count). The first kappa shape index (κ1) is 15.9. The number of hydrogen-bond donors (Lipinski definition) is 2. The summed E-state index contributed by atoms with van der Waals surface area (Å²) in [7, 11) is -3.59. The summed E-state index contributed by atoms with van der Waals surface area (Å²) in [5.74, 6) is 0. The molecule has 2 aromatic carbocycles. The van der Waals surface area contributed by atoms with E-state index in [1.54, 1.807) is 30.3 Å².